The Morgan fingerprint density at radius 1 is 1.22 bits per heavy atom. The van der Waals surface area contributed by atoms with Gasteiger partial charge in [-0.15, -0.1) is 0 Å². The highest BCUT2D eigenvalue weighted by Crippen LogP contribution is 2.44. The maximum Gasteiger partial charge on any atom is 0.219 e. The third-order valence-electron chi connectivity index (χ3n) is 4.40. The van der Waals surface area contributed by atoms with E-state index < -0.39 is 42.5 Å². The second kappa shape index (κ2) is 7.34. The lowest BCUT2D eigenvalue weighted by Gasteiger charge is -2.30. The molecule has 132 valence electrons. The van der Waals surface area contributed by atoms with Crippen molar-refractivity contribution in [3.05, 3.63) is 10.4 Å². The summed E-state index contributed by atoms with van der Waals surface area (Å²) in [5.74, 6) is -2.72. The van der Waals surface area contributed by atoms with E-state index in [4.69, 9.17) is 19.7 Å². The van der Waals surface area contributed by atoms with Gasteiger partial charge in [0.15, 0.2) is 5.79 Å². The molecule has 2 unspecified atom stereocenters. The van der Waals surface area contributed by atoms with E-state index in [0.29, 0.717) is 6.42 Å². The average molecular weight is 329 g/mol. The zero-order chi connectivity index (χ0) is 17.1. The maximum absolute atomic E-state index is 10.5. The van der Waals surface area contributed by atoms with Crippen LogP contribution in [0.4, 0.5) is 0 Å². The molecular weight excluding hydrogens is 302 g/mol. The van der Waals surface area contributed by atoms with Crippen LogP contribution in [0.15, 0.2) is 5.11 Å². The molecular formula is C15H27N3O5. The Morgan fingerprint density at radius 2 is 1.96 bits per heavy atom. The molecule has 0 saturated carbocycles. The fourth-order valence-corrected chi connectivity index (χ4v) is 3.31. The highest BCUT2D eigenvalue weighted by Gasteiger charge is 2.63. The molecule has 0 aliphatic carbocycles. The summed E-state index contributed by atoms with van der Waals surface area (Å²) in [4.78, 5) is 2.91. The quantitative estimate of drug-likeness (QED) is 0.306. The van der Waals surface area contributed by atoms with E-state index in [1.807, 2.05) is 0 Å². The first-order chi connectivity index (χ1) is 10.9. The molecule has 2 fully saturated rings. The highest BCUT2D eigenvalue weighted by molar-refractivity contribution is 5.05. The smallest absolute Gasteiger partial charge is 0.219 e. The Labute approximate surface area is 136 Å². The second-order valence-corrected chi connectivity index (χ2v) is 6.73. The molecule has 0 aromatic heterocycles. The zero-order valence-electron chi connectivity index (χ0n) is 14.0. The van der Waals surface area contributed by atoms with Crippen LogP contribution in [0.5, 0.6) is 0 Å². The minimum absolute atomic E-state index is 0.470. The number of nitrogens with zero attached hydrogens (tertiary/aromatic N) is 3. The molecule has 2 aliphatic rings. The van der Waals surface area contributed by atoms with Gasteiger partial charge in [-0.3, -0.25) is 0 Å². The van der Waals surface area contributed by atoms with E-state index in [0.717, 1.165) is 25.7 Å². The van der Waals surface area contributed by atoms with Gasteiger partial charge in [0.25, 0.3) is 0 Å². The van der Waals surface area contributed by atoms with E-state index in [1.165, 1.54) is 0 Å². The predicted molar refractivity (Wildman–Crippen MR) is 82.4 cm³/mol. The van der Waals surface area contributed by atoms with Crippen molar-refractivity contribution < 1.29 is 24.4 Å². The van der Waals surface area contributed by atoms with Crippen LogP contribution in [-0.4, -0.2) is 52.7 Å². The van der Waals surface area contributed by atoms with Crippen LogP contribution in [0.1, 0.15) is 52.9 Å². The molecule has 0 bridgehead atoms. The highest BCUT2D eigenvalue weighted by atomic mass is 16.8. The van der Waals surface area contributed by atoms with E-state index in [1.54, 1.807) is 13.8 Å². The number of hydrogen-bond donors (Lipinski definition) is 2. The van der Waals surface area contributed by atoms with Gasteiger partial charge in [0.2, 0.25) is 5.79 Å². The van der Waals surface area contributed by atoms with E-state index in [-0.39, 0.29) is 0 Å². The van der Waals surface area contributed by atoms with Gasteiger partial charge in [-0.25, -0.2) is 0 Å². The van der Waals surface area contributed by atoms with Gasteiger partial charge in [-0.05, 0) is 25.8 Å². The van der Waals surface area contributed by atoms with Gasteiger partial charge in [0.05, 0.1) is 18.8 Å². The summed E-state index contributed by atoms with van der Waals surface area (Å²) in [6.45, 7) is 5.00. The second-order valence-electron chi connectivity index (χ2n) is 6.73. The van der Waals surface area contributed by atoms with Gasteiger partial charge in [0.1, 0.15) is 12.2 Å². The van der Waals surface area contributed by atoms with Crippen molar-refractivity contribution in [3.63, 3.8) is 0 Å². The minimum atomic E-state index is -1.84. The Morgan fingerprint density at radius 3 is 2.57 bits per heavy atom. The monoisotopic (exact) mass is 329 g/mol. The molecule has 2 aliphatic heterocycles. The molecule has 0 amide bonds. The van der Waals surface area contributed by atoms with Gasteiger partial charge in [0, 0.05) is 4.91 Å². The van der Waals surface area contributed by atoms with E-state index in [2.05, 4.69) is 16.9 Å². The van der Waals surface area contributed by atoms with Crippen molar-refractivity contribution in [1.82, 2.24) is 0 Å². The first-order valence-corrected chi connectivity index (χ1v) is 8.28. The van der Waals surface area contributed by atoms with Gasteiger partial charge < -0.3 is 24.4 Å². The molecule has 2 rings (SSSR count). The summed E-state index contributed by atoms with van der Waals surface area (Å²) in [7, 11) is 0. The molecule has 0 aromatic rings. The van der Waals surface area contributed by atoms with Crippen molar-refractivity contribution in [2.75, 3.05) is 6.61 Å². The number of unbranched alkanes of at least 4 members (excludes halogenated alkanes) is 3. The number of azide groups is 1. The average Bonchev–Trinajstić information content (AvgIpc) is 2.96. The lowest BCUT2D eigenvalue weighted by atomic mass is 9.97. The van der Waals surface area contributed by atoms with Gasteiger partial charge >= 0.3 is 0 Å². The van der Waals surface area contributed by atoms with Crippen LogP contribution < -0.4 is 0 Å². The van der Waals surface area contributed by atoms with Crippen LogP contribution in [0, 0.1) is 0 Å². The van der Waals surface area contributed by atoms with Crippen molar-refractivity contribution in [2.45, 2.75) is 88.8 Å². The normalized spacial score (nSPS) is 36.5. The number of rotatable bonds is 8. The SMILES string of the molecule is CCCCCCC(N=[N+]=[N-])[C@@H]1OC(O)(CO)[C@@H]2OC(C)(C)O[C@@H]21. The maximum atomic E-state index is 10.5. The number of hydrogen-bond acceptors (Lipinski definition) is 6. The van der Waals surface area contributed by atoms with Crippen molar-refractivity contribution >= 4 is 0 Å². The number of aliphatic hydroxyl groups is 2. The molecule has 2 N–H and O–H groups in total. The lowest BCUT2D eigenvalue weighted by Crippen LogP contribution is -2.46. The molecule has 2 saturated heterocycles. The number of aliphatic hydroxyl groups excluding tert-OH is 1. The third kappa shape index (κ3) is 3.96. The fourth-order valence-electron chi connectivity index (χ4n) is 3.31. The van der Waals surface area contributed by atoms with Crippen LogP contribution in [0.3, 0.4) is 0 Å². The van der Waals surface area contributed by atoms with Crippen LogP contribution in [0.25, 0.3) is 10.4 Å². The molecule has 5 atom stereocenters. The van der Waals surface area contributed by atoms with Crippen molar-refractivity contribution in [1.29, 1.82) is 0 Å². The van der Waals surface area contributed by atoms with E-state index >= 15 is 0 Å². The Kier molecular flexibility index (Phi) is 5.89. The fraction of sp³-hybridized carbons (Fsp3) is 1.00. The molecule has 8 nitrogen and oxygen atoms in total. The summed E-state index contributed by atoms with van der Waals surface area (Å²) in [5.41, 5.74) is 8.85. The van der Waals surface area contributed by atoms with Crippen molar-refractivity contribution in [2.24, 2.45) is 5.11 Å². The summed E-state index contributed by atoms with van der Waals surface area (Å²) >= 11 is 0. The van der Waals surface area contributed by atoms with Crippen LogP contribution in [0.2, 0.25) is 0 Å². The molecule has 2 heterocycles. The standard InChI is InChI=1S/C15H27N3O5/c1-4-5-6-7-8-10(17-18-16)11-12-13(15(20,9-19)22-11)23-14(2,3)21-12/h10-13,19-20H,4-9H2,1-3H3/t10?,11-,12+,13+,15?/m0/s1. The van der Waals surface area contributed by atoms with Crippen LogP contribution in [-0.2, 0) is 14.2 Å². The van der Waals surface area contributed by atoms with Crippen molar-refractivity contribution in [3.8, 4) is 0 Å². The summed E-state index contributed by atoms with van der Waals surface area (Å²) < 4.78 is 17.1. The minimum Gasteiger partial charge on any atom is -0.391 e. The summed E-state index contributed by atoms with van der Waals surface area (Å²) in [6, 6.07) is -0.470. The third-order valence-corrected chi connectivity index (χ3v) is 4.40. The molecule has 23 heavy (non-hydrogen) atoms. The number of ether oxygens (including phenoxy) is 3. The summed E-state index contributed by atoms with van der Waals surface area (Å²) in [5, 5.41) is 23.8. The van der Waals surface area contributed by atoms with E-state index in [9.17, 15) is 10.2 Å². The summed E-state index contributed by atoms with van der Waals surface area (Å²) in [6.07, 6.45) is 2.79. The lowest BCUT2D eigenvalue weighted by molar-refractivity contribution is -0.286. The van der Waals surface area contributed by atoms with Gasteiger partial charge in [-0.1, -0.05) is 37.7 Å². The molecule has 0 spiro atoms. The first kappa shape index (κ1) is 18.4. The Bertz CT molecular complexity index is 454. The Balaban J connectivity index is 2.13. The van der Waals surface area contributed by atoms with Gasteiger partial charge in [-0.2, -0.15) is 0 Å². The largest absolute Gasteiger partial charge is 0.391 e. The predicted octanol–water partition coefficient (Wildman–Crippen LogP) is 2.24. The Hall–Kier alpha value is -0.890. The number of fused-ring (bicyclic) bond motifs is 1. The van der Waals surface area contributed by atoms with Crippen LogP contribution >= 0.6 is 0 Å². The molecule has 0 aromatic carbocycles. The topological polar surface area (TPSA) is 117 Å². The first-order valence-electron chi connectivity index (χ1n) is 8.28. The molecule has 8 heteroatoms. The zero-order valence-corrected chi connectivity index (χ0v) is 14.0. The molecule has 0 radical (unpaired) electrons.